The Kier molecular flexibility index (Phi) is 4.64. The lowest BCUT2D eigenvalue weighted by atomic mass is 10.2. The smallest absolute Gasteiger partial charge is 0.278 e. The minimum atomic E-state index is -3.65. The Balaban J connectivity index is 2.28. The van der Waals surface area contributed by atoms with Gasteiger partial charge in [-0.05, 0) is 25.7 Å². The maximum absolute atomic E-state index is 12.4. The van der Waals surface area contributed by atoms with Crippen molar-refractivity contribution in [2.45, 2.75) is 24.9 Å². The minimum Gasteiger partial charge on any atom is -0.332 e. The highest BCUT2D eigenvalue weighted by Crippen LogP contribution is 2.20. The summed E-state index contributed by atoms with van der Waals surface area (Å²) in [5, 5.41) is 0.0824. The fourth-order valence-electron chi connectivity index (χ4n) is 1.96. The Morgan fingerprint density at radius 1 is 1.29 bits per heavy atom. The second kappa shape index (κ2) is 6.28. The summed E-state index contributed by atoms with van der Waals surface area (Å²) in [6.07, 6.45) is 2.00. The van der Waals surface area contributed by atoms with Crippen molar-refractivity contribution in [1.82, 2.24) is 14.9 Å². The van der Waals surface area contributed by atoms with Crippen LogP contribution in [0.2, 0.25) is 0 Å². The summed E-state index contributed by atoms with van der Waals surface area (Å²) in [6.45, 7) is 2.57. The van der Waals surface area contributed by atoms with Gasteiger partial charge in [0.2, 0.25) is 0 Å². The maximum Gasteiger partial charge on any atom is 0.278 e. The van der Waals surface area contributed by atoms with Crippen molar-refractivity contribution >= 4 is 15.7 Å². The third kappa shape index (κ3) is 3.83. The molecule has 0 unspecified atom stereocenters. The Hall–Kier alpha value is -1.86. The zero-order chi connectivity index (χ0) is 15.5. The molecule has 0 aliphatic carbocycles. The van der Waals surface area contributed by atoms with Gasteiger partial charge < -0.3 is 9.88 Å². The van der Waals surface area contributed by atoms with Crippen molar-refractivity contribution in [3.63, 3.8) is 0 Å². The van der Waals surface area contributed by atoms with Crippen molar-refractivity contribution in [2.75, 3.05) is 18.8 Å². The number of rotatable bonds is 6. The predicted molar refractivity (Wildman–Crippen MR) is 82.6 cm³/mol. The van der Waals surface area contributed by atoms with E-state index in [2.05, 4.69) is 14.7 Å². The Bertz CT molecular complexity index is 707. The Labute approximate surface area is 125 Å². The number of sulfonamides is 1. The first-order valence-corrected chi connectivity index (χ1v) is 8.20. The maximum atomic E-state index is 12.4. The molecule has 0 atom stereocenters. The summed E-state index contributed by atoms with van der Waals surface area (Å²) in [4.78, 5) is 8.83. The lowest BCUT2D eigenvalue weighted by Gasteiger charge is -2.15. The normalized spacial score (nSPS) is 11.8. The van der Waals surface area contributed by atoms with Gasteiger partial charge in [-0.25, -0.2) is 4.98 Å². The van der Waals surface area contributed by atoms with E-state index in [9.17, 15) is 8.42 Å². The van der Waals surface area contributed by atoms with E-state index in [-0.39, 0.29) is 5.03 Å². The molecule has 0 radical (unpaired) electrons. The third-order valence-electron chi connectivity index (χ3n) is 2.98. The number of hydrogen-bond donors (Lipinski definition) is 2. The second-order valence-electron chi connectivity index (χ2n) is 5.05. The molecular weight excluding hydrogens is 288 g/mol. The van der Waals surface area contributed by atoms with Gasteiger partial charge in [0.15, 0.2) is 5.03 Å². The molecule has 6 nitrogen and oxygen atoms in total. The number of aromatic amines is 1. The molecule has 2 aromatic rings. The molecule has 0 bridgehead atoms. The fourth-order valence-corrected chi connectivity index (χ4v) is 3.00. The summed E-state index contributed by atoms with van der Waals surface area (Å²) in [6, 6.07) is 7.36. The quantitative estimate of drug-likeness (QED) is 0.853. The Morgan fingerprint density at radius 3 is 2.62 bits per heavy atom. The number of aromatic nitrogens is 2. The molecule has 0 spiro atoms. The number of para-hydroxylation sites is 1. The van der Waals surface area contributed by atoms with Crippen LogP contribution < -0.4 is 4.72 Å². The zero-order valence-electron chi connectivity index (χ0n) is 12.4. The van der Waals surface area contributed by atoms with Crippen molar-refractivity contribution in [3.8, 4) is 0 Å². The van der Waals surface area contributed by atoms with E-state index in [1.54, 1.807) is 12.1 Å². The van der Waals surface area contributed by atoms with Gasteiger partial charge in [-0.1, -0.05) is 25.1 Å². The largest absolute Gasteiger partial charge is 0.332 e. The molecule has 1 aromatic heterocycles. The number of anilines is 1. The molecule has 2 N–H and O–H groups in total. The number of hydrogen-bond acceptors (Lipinski definition) is 4. The molecule has 1 aromatic carbocycles. The summed E-state index contributed by atoms with van der Waals surface area (Å²) in [5.74, 6) is 0.650. The number of benzene rings is 1. The van der Waals surface area contributed by atoms with E-state index in [1.807, 2.05) is 38.1 Å². The number of nitrogens with zero attached hydrogens (tertiary/aromatic N) is 2. The molecule has 0 amide bonds. The van der Waals surface area contributed by atoms with Gasteiger partial charge in [-0.2, -0.15) is 8.42 Å². The van der Waals surface area contributed by atoms with Crippen LogP contribution in [0.3, 0.4) is 0 Å². The van der Waals surface area contributed by atoms with Gasteiger partial charge in [0.05, 0.1) is 11.9 Å². The third-order valence-corrected chi connectivity index (χ3v) is 4.25. The van der Waals surface area contributed by atoms with Crippen LogP contribution in [0.1, 0.15) is 18.3 Å². The fraction of sp³-hybridized carbons (Fsp3) is 0.357. The second-order valence-corrected chi connectivity index (χ2v) is 6.70. The number of nitrogens with one attached hydrogen (secondary N) is 2. The van der Waals surface area contributed by atoms with Gasteiger partial charge >= 0.3 is 0 Å². The van der Waals surface area contributed by atoms with Crippen LogP contribution >= 0.6 is 0 Å². The zero-order valence-corrected chi connectivity index (χ0v) is 13.2. The van der Waals surface area contributed by atoms with Gasteiger partial charge in [0, 0.05) is 13.0 Å². The number of aryl methyl sites for hydroxylation is 1. The highest BCUT2D eigenvalue weighted by molar-refractivity contribution is 7.92. The summed E-state index contributed by atoms with van der Waals surface area (Å²) >= 11 is 0. The number of imidazole rings is 1. The van der Waals surface area contributed by atoms with Gasteiger partial charge in [-0.15, -0.1) is 0 Å². The van der Waals surface area contributed by atoms with Crippen LogP contribution in [0.5, 0.6) is 0 Å². The topological polar surface area (TPSA) is 78.1 Å². The number of H-pyrrole nitrogens is 1. The van der Waals surface area contributed by atoms with E-state index in [4.69, 9.17) is 0 Å². The standard InChI is InChI=1S/C14H20N4O2S/c1-4-13-15-9-14(16-13)21(19,20)17-12-8-6-5-7-11(12)10-18(2)3/h5-9,17H,4,10H2,1-3H3,(H,15,16). The van der Waals surface area contributed by atoms with E-state index in [0.717, 1.165) is 5.56 Å². The van der Waals surface area contributed by atoms with Crippen LogP contribution in [0, 0.1) is 0 Å². The van der Waals surface area contributed by atoms with Crippen molar-refractivity contribution in [1.29, 1.82) is 0 Å². The van der Waals surface area contributed by atoms with Crippen molar-refractivity contribution in [3.05, 3.63) is 41.9 Å². The van der Waals surface area contributed by atoms with E-state index < -0.39 is 10.0 Å². The first-order valence-electron chi connectivity index (χ1n) is 6.71. The average Bonchev–Trinajstić information content (AvgIpc) is 2.90. The molecule has 114 valence electrons. The molecular formula is C14H20N4O2S. The molecule has 2 rings (SSSR count). The Morgan fingerprint density at radius 2 is 2.00 bits per heavy atom. The van der Waals surface area contributed by atoms with Crippen LogP contribution in [0.15, 0.2) is 35.5 Å². The summed E-state index contributed by atoms with van der Waals surface area (Å²) in [5.41, 5.74) is 1.50. The molecule has 0 aliphatic heterocycles. The molecule has 0 saturated heterocycles. The molecule has 21 heavy (non-hydrogen) atoms. The van der Waals surface area contributed by atoms with Crippen LogP contribution in [-0.4, -0.2) is 37.4 Å². The first-order chi connectivity index (χ1) is 9.92. The van der Waals surface area contributed by atoms with Gasteiger partial charge in [-0.3, -0.25) is 4.72 Å². The van der Waals surface area contributed by atoms with E-state index in [0.29, 0.717) is 24.5 Å². The summed E-state index contributed by atoms with van der Waals surface area (Å²) in [7, 11) is 0.229. The van der Waals surface area contributed by atoms with Crippen LogP contribution in [-0.2, 0) is 23.0 Å². The van der Waals surface area contributed by atoms with Crippen molar-refractivity contribution in [2.24, 2.45) is 0 Å². The molecule has 7 heteroatoms. The van der Waals surface area contributed by atoms with Crippen LogP contribution in [0.25, 0.3) is 0 Å². The van der Waals surface area contributed by atoms with Gasteiger partial charge in [0.25, 0.3) is 10.0 Å². The summed E-state index contributed by atoms with van der Waals surface area (Å²) < 4.78 is 27.4. The minimum absolute atomic E-state index is 0.0824. The highest BCUT2D eigenvalue weighted by atomic mass is 32.2. The van der Waals surface area contributed by atoms with Gasteiger partial charge in [0.1, 0.15) is 5.82 Å². The van der Waals surface area contributed by atoms with E-state index >= 15 is 0 Å². The molecule has 0 saturated carbocycles. The lowest BCUT2D eigenvalue weighted by Crippen LogP contribution is -2.17. The molecule has 0 fully saturated rings. The van der Waals surface area contributed by atoms with E-state index in [1.165, 1.54) is 6.20 Å². The van der Waals surface area contributed by atoms with Crippen LogP contribution in [0.4, 0.5) is 5.69 Å². The first kappa shape index (κ1) is 15.5. The SMILES string of the molecule is CCc1ncc(S(=O)(=O)Nc2ccccc2CN(C)C)[nH]1. The molecule has 0 aliphatic rings. The molecule has 1 heterocycles. The lowest BCUT2D eigenvalue weighted by molar-refractivity contribution is 0.403. The highest BCUT2D eigenvalue weighted by Gasteiger charge is 2.18. The monoisotopic (exact) mass is 308 g/mol. The predicted octanol–water partition coefficient (Wildman–Crippen LogP) is 1.83. The average molecular weight is 308 g/mol. The van der Waals surface area contributed by atoms with Crippen molar-refractivity contribution < 1.29 is 8.42 Å².